The minimum atomic E-state index is -0.213. The van der Waals surface area contributed by atoms with Crippen LogP contribution in [0.2, 0.25) is 0 Å². The molecule has 3 rings (SSSR count). The minimum absolute atomic E-state index is 0.137. The highest BCUT2D eigenvalue weighted by Gasteiger charge is 2.28. The summed E-state index contributed by atoms with van der Waals surface area (Å²) in [5.74, 6) is 0.00141. The van der Waals surface area contributed by atoms with Gasteiger partial charge in [-0.2, -0.15) is 0 Å². The van der Waals surface area contributed by atoms with Crippen LogP contribution in [0.1, 0.15) is 45.2 Å². The summed E-state index contributed by atoms with van der Waals surface area (Å²) in [5, 5.41) is 2.91. The average Bonchev–Trinajstić information content (AvgIpc) is 3.07. The molecular formula is C21H29N5O2. The van der Waals surface area contributed by atoms with Crippen LogP contribution in [-0.4, -0.2) is 65.4 Å². The molecule has 1 N–H and O–H groups in total. The summed E-state index contributed by atoms with van der Waals surface area (Å²) in [5.41, 5.74) is 2.36. The van der Waals surface area contributed by atoms with E-state index >= 15 is 0 Å². The quantitative estimate of drug-likeness (QED) is 0.791. The molecule has 2 amide bonds. The van der Waals surface area contributed by atoms with Crippen LogP contribution in [0.5, 0.6) is 0 Å². The number of rotatable bonds is 7. The Balaban J connectivity index is 1.79. The lowest BCUT2D eigenvalue weighted by Gasteiger charge is -2.19. The molecule has 0 fully saturated rings. The molecule has 28 heavy (non-hydrogen) atoms. The molecule has 1 aromatic heterocycles. The third kappa shape index (κ3) is 4.59. The van der Waals surface area contributed by atoms with Crippen molar-refractivity contribution in [1.82, 2.24) is 24.7 Å². The van der Waals surface area contributed by atoms with Gasteiger partial charge in [0.1, 0.15) is 5.69 Å². The van der Waals surface area contributed by atoms with Crippen LogP contribution < -0.4 is 5.32 Å². The van der Waals surface area contributed by atoms with Gasteiger partial charge in [0.2, 0.25) is 0 Å². The van der Waals surface area contributed by atoms with E-state index < -0.39 is 0 Å². The van der Waals surface area contributed by atoms with Crippen molar-refractivity contribution in [2.24, 2.45) is 0 Å². The molecule has 0 saturated carbocycles. The number of hydrogen-bond acceptors (Lipinski definition) is 4. The highest BCUT2D eigenvalue weighted by molar-refractivity contribution is 5.97. The van der Waals surface area contributed by atoms with Gasteiger partial charge >= 0.3 is 0 Å². The van der Waals surface area contributed by atoms with Crippen molar-refractivity contribution in [3.63, 3.8) is 0 Å². The number of aromatic nitrogens is 2. The van der Waals surface area contributed by atoms with Crippen molar-refractivity contribution in [3.8, 4) is 0 Å². The van der Waals surface area contributed by atoms with E-state index in [-0.39, 0.29) is 11.8 Å². The van der Waals surface area contributed by atoms with Crippen molar-refractivity contribution in [2.45, 2.75) is 32.4 Å². The fourth-order valence-electron chi connectivity index (χ4n) is 3.47. The Labute approximate surface area is 166 Å². The third-order valence-corrected chi connectivity index (χ3v) is 4.98. The Morgan fingerprint density at radius 3 is 2.61 bits per heavy atom. The van der Waals surface area contributed by atoms with Crippen LogP contribution in [0, 0.1) is 0 Å². The maximum absolute atomic E-state index is 13.1. The van der Waals surface area contributed by atoms with Gasteiger partial charge in [-0.3, -0.25) is 9.59 Å². The van der Waals surface area contributed by atoms with Crippen LogP contribution in [0.25, 0.3) is 0 Å². The zero-order chi connectivity index (χ0) is 20.1. The second-order valence-corrected chi connectivity index (χ2v) is 7.55. The number of amides is 2. The maximum Gasteiger partial charge on any atom is 0.287 e. The van der Waals surface area contributed by atoms with E-state index in [9.17, 15) is 9.59 Å². The Bertz CT molecular complexity index is 829. The van der Waals surface area contributed by atoms with E-state index in [2.05, 4.69) is 10.3 Å². The molecule has 7 heteroatoms. The monoisotopic (exact) mass is 383 g/mol. The summed E-state index contributed by atoms with van der Waals surface area (Å²) in [4.78, 5) is 33.9. The molecule has 2 aromatic rings. The van der Waals surface area contributed by atoms with Gasteiger partial charge in [0.05, 0.1) is 5.69 Å². The number of nitrogens with zero attached hydrogens (tertiary/aromatic N) is 4. The topological polar surface area (TPSA) is 70.5 Å². The molecule has 1 aliphatic heterocycles. The largest absolute Gasteiger partial charge is 0.348 e. The van der Waals surface area contributed by atoms with E-state index in [1.165, 1.54) is 0 Å². The number of carbonyl (C=O) groups excluding carboxylic acids is 2. The van der Waals surface area contributed by atoms with E-state index in [4.69, 9.17) is 0 Å². The van der Waals surface area contributed by atoms with Crippen LogP contribution in [0.3, 0.4) is 0 Å². The minimum Gasteiger partial charge on any atom is -0.348 e. The highest BCUT2D eigenvalue weighted by Crippen LogP contribution is 2.22. The Kier molecular flexibility index (Phi) is 6.46. The molecule has 0 spiro atoms. The Hall–Kier alpha value is -2.67. The maximum atomic E-state index is 13.1. The fraction of sp³-hybridized carbons (Fsp3) is 0.476. The number of benzene rings is 1. The predicted octanol–water partition coefficient (Wildman–Crippen LogP) is 1.78. The summed E-state index contributed by atoms with van der Waals surface area (Å²) >= 11 is 0. The lowest BCUT2D eigenvalue weighted by Crippen LogP contribution is -2.33. The van der Waals surface area contributed by atoms with Crippen LogP contribution in [0.15, 0.2) is 30.3 Å². The van der Waals surface area contributed by atoms with Gasteiger partial charge in [0.15, 0.2) is 5.82 Å². The number of imidazole rings is 1. The smallest absolute Gasteiger partial charge is 0.287 e. The SMILES string of the molecule is CN(C)CCNC(=O)c1nc(C(=O)N(C)Cc2ccccc2)c2n1CCCC2. The molecule has 1 aliphatic rings. The van der Waals surface area contributed by atoms with Crippen LogP contribution >= 0.6 is 0 Å². The highest BCUT2D eigenvalue weighted by atomic mass is 16.2. The van der Waals surface area contributed by atoms with Gasteiger partial charge in [-0.15, -0.1) is 0 Å². The molecule has 0 radical (unpaired) electrons. The standard InChI is InChI=1S/C21H29N5O2/c1-24(2)14-12-22-20(27)19-23-18(17-11-7-8-13-26(17)19)21(28)25(3)15-16-9-5-4-6-10-16/h4-6,9-10H,7-8,11-15H2,1-3H3,(H,22,27). The Morgan fingerprint density at radius 1 is 1.14 bits per heavy atom. The number of fused-ring (bicyclic) bond motifs is 1. The summed E-state index contributed by atoms with van der Waals surface area (Å²) in [6, 6.07) is 9.87. The molecule has 0 atom stereocenters. The molecule has 1 aromatic carbocycles. The molecule has 2 heterocycles. The van der Waals surface area contributed by atoms with Gasteiger partial charge in [-0.1, -0.05) is 30.3 Å². The van der Waals surface area contributed by atoms with Gasteiger partial charge < -0.3 is 19.7 Å². The first-order valence-corrected chi connectivity index (χ1v) is 9.79. The molecule has 0 unspecified atom stereocenters. The predicted molar refractivity (Wildman–Crippen MR) is 108 cm³/mol. The normalized spacial score (nSPS) is 13.3. The number of carbonyl (C=O) groups is 2. The lowest BCUT2D eigenvalue weighted by atomic mass is 10.1. The van der Waals surface area contributed by atoms with Gasteiger partial charge in [0.25, 0.3) is 11.8 Å². The molecule has 7 nitrogen and oxygen atoms in total. The van der Waals surface area contributed by atoms with Gasteiger partial charge in [-0.25, -0.2) is 4.98 Å². The number of likely N-dealkylation sites (N-methyl/N-ethyl adjacent to an activating group) is 1. The van der Waals surface area contributed by atoms with E-state index in [1.807, 2.05) is 53.9 Å². The van der Waals surface area contributed by atoms with E-state index in [0.29, 0.717) is 24.6 Å². The first-order valence-electron chi connectivity index (χ1n) is 9.79. The number of hydrogen-bond donors (Lipinski definition) is 1. The molecule has 0 bridgehead atoms. The summed E-state index contributed by atoms with van der Waals surface area (Å²) in [7, 11) is 5.70. The Morgan fingerprint density at radius 2 is 1.89 bits per heavy atom. The zero-order valence-electron chi connectivity index (χ0n) is 16.9. The first kappa shape index (κ1) is 20.1. The lowest BCUT2D eigenvalue weighted by molar-refractivity contribution is 0.0778. The molecular weight excluding hydrogens is 354 g/mol. The van der Waals surface area contributed by atoms with Crippen molar-refractivity contribution >= 4 is 11.8 Å². The molecule has 0 saturated heterocycles. The zero-order valence-corrected chi connectivity index (χ0v) is 16.9. The second-order valence-electron chi connectivity index (χ2n) is 7.55. The summed E-state index contributed by atoms with van der Waals surface area (Å²) in [6.45, 7) is 2.54. The summed E-state index contributed by atoms with van der Waals surface area (Å²) < 4.78 is 1.93. The average molecular weight is 383 g/mol. The van der Waals surface area contributed by atoms with E-state index in [1.54, 1.807) is 11.9 Å². The number of nitrogens with one attached hydrogen (secondary N) is 1. The van der Waals surface area contributed by atoms with Crippen molar-refractivity contribution in [1.29, 1.82) is 0 Å². The third-order valence-electron chi connectivity index (χ3n) is 4.98. The molecule has 0 aliphatic carbocycles. The van der Waals surface area contributed by atoms with Crippen molar-refractivity contribution in [2.75, 3.05) is 34.2 Å². The fourth-order valence-corrected chi connectivity index (χ4v) is 3.47. The molecule has 150 valence electrons. The van der Waals surface area contributed by atoms with Crippen molar-refractivity contribution < 1.29 is 9.59 Å². The van der Waals surface area contributed by atoms with Gasteiger partial charge in [-0.05, 0) is 38.9 Å². The second kappa shape index (κ2) is 9.01. The van der Waals surface area contributed by atoms with Crippen LogP contribution in [0.4, 0.5) is 0 Å². The van der Waals surface area contributed by atoms with Crippen molar-refractivity contribution in [3.05, 3.63) is 53.1 Å². The summed E-state index contributed by atoms with van der Waals surface area (Å²) in [6.07, 6.45) is 2.78. The van der Waals surface area contributed by atoms with E-state index in [0.717, 1.165) is 43.6 Å². The van der Waals surface area contributed by atoms with Gasteiger partial charge in [0, 0.05) is 33.2 Å². The van der Waals surface area contributed by atoms with Crippen LogP contribution in [-0.2, 0) is 19.5 Å². The first-order chi connectivity index (χ1) is 13.5.